The Morgan fingerprint density at radius 3 is 2.83 bits per heavy atom. The molecule has 2 N–H and O–H groups in total. The van der Waals surface area contributed by atoms with E-state index in [2.05, 4.69) is 21.4 Å². The van der Waals surface area contributed by atoms with Crippen LogP contribution in [0.15, 0.2) is 52.6 Å². The second-order valence-electron chi connectivity index (χ2n) is 9.04. The number of benzene rings is 2. The molecule has 176 valence electrons. The maximum absolute atomic E-state index is 13.1. The van der Waals surface area contributed by atoms with Gasteiger partial charge in [0.1, 0.15) is 5.82 Å². The first-order valence-electron chi connectivity index (χ1n) is 12.0. The molecule has 1 amide bonds. The van der Waals surface area contributed by atoms with Crippen molar-refractivity contribution in [3.8, 4) is 11.3 Å². The van der Waals surface area contributed by atoms with E-state index >= 15 is 0 Å². The van der Waals surface area contributed by atoms with E-state index in [1.54, 1.807) is 18.2 Å². The van der Waals surface area contributed by atoms with Crippen LogP contribution in [0.3, 0.4) is 0 Å². The topological polar surface area (TPSA) is 92.7 Å². The maximum Gasteiger partial charge on any atom is 0.261 e. The van der Waals surface area contributed by atoms with Gasteiger partial charge in [0.25, 0.3) is 11.5 Å². The fourth-order valence-corrected chi connectivity index (χ4v) is 5.65. The normalized spacial score (nSPS) is 14.0. The standard InChI is InChI=1S/C27H25N5O2S/c1-16-24(18-8-5-6-9-20(18)28-16)22-15-35-27(30-22)31-25(33)17-11-12-19-21(14-17)29-23-10-4-2-3-7-13-32(23)26(19)34/h5-6,8-9,11-12,14-15,28H,2-4,7,10,13H2,1H3,(H,30,31,33). The molecule has 1 aliphatic rings. The van der Waals surface area contributed by atoms with Crippen LogP contribution >= 0.6 is 11.3 Å². The van der Waals surface area contributed by atoms with Gasteiger partial charge in [-0.1, -0.05) is 31.0 Å². The number of carbonyl (C=O) groups is 1. The molecule has 5 aromatic rings. The Morgan fingerprint density at radius 2 is 1.91 bits per heavy atom. The van der Waals surface area contributed by atoms with Crippen LogP contribution in [-0.4, -0.2) is 25.4 Å². The molecule has 0 unspecified atom stereocenters. The highest BCUT2D eigenvalue weighted by Crippen LogP contribution is 2.34. The van der Waals surface area contributed by atoms with Crippen LogP contribution in [0, 0.1) is 6.92 Å². The van der Waals surface area contributed by atoms with Gasteiger partial charge in [-0.05, 0) is 44.0 Å². The van der Waals surface area contributed by atoms with Gasteiger partial charge < -0.3 is 4.98 Å². The summed E-state index contributed by atoms with van der Waals surface area (Å²) in [5.74, 6) is 0.551. The van der Waals surface area contributed by atoms with Gasteiger partial charge in [0, 0.05) is 46.1 Å². The van der Waals surface area contributed by atoms with Gasteiger partial charge in [-0.15, -0.1) is 11.3 Å². The molecule has 35 heavy (non-hydrogen) atoms. The fraction of sp³-hybridized carbons (Fsp3) is 0.259. The van der Waals surface area contributed by atoms with Crippen LogP contribution in [0.2, 0.25) is 0 Å². The van der Waals surface area contributed by atoms with E-state index in [1.807, 2.05) is 35.1 Å². The molecule has 0 atom stereocenters. The molecule has 4 heterocycles. The lowest BCUT2D eigenvalue weighted by Crippen LogP contribution is -2.26. The zero-order chi connectivity index (χ0) is 23.9. The van der Waals surface area contributed by atoms with Gasteiger partial charge in [-0.3, -0.25) is 19.5 Å². The summed E-state index contributed by atoms with van der Waals surface area (Å²) in [6.45, 7) is 2.74. The van der Waals surface area contributed by atoms with Crippen LogP contribution in [0.5, 0.6) is 0 Å². The average molecular weight is 484 g/mol. The predicted octanol–water partition coefficient (Wildman–Crippen LogP) is 5.68. The van der Waals surface area contributed by atoms with E-state index < -0.39 is 0 Å². The van der Waals surface area contributed by atoms with Gasteiger partial charge in [0.05, 0.1) is 16.6 Å². The smallest absolute Gasteiger partial charge is 0.261 e. The third-order valence-corrected chi connectivity index (χ3v) is 7.46. The lowest BCUT2D eigenvalue weighted by molar-refractivity contribution is 0.102. The number of nitrogens with one attached hydrogen (secondary N) is 2. The molecule has 8 heteroatoms. The first kappa shape index (κ1) is 21.7. The van der Waals surface area contributed by atoms with Crippen molar-refractivity contribution in [2.45, 2.75) is 45.6 Å². The number of aryl methyl sites for hydroxylation is 2. The van der Waals surface area contributed by atoms with Crippen LogP contribution in [0.1, 0.15) is 47.6 Å². The highest BCUT2D eigenvalue weighted by molar-refractivity contribution is 7.14. The van der Waals surface area contributed by atoms with E-state index in [0.717, 1.165) is 65.8 Å². The molecule has 0 bridgehead atoms. The van der Waals surface area contributed by atoms with Crippen LogP contribution in [0.4, 0.5) is 5.13 Å². The van der Waals surface area contributed by atoms with Crippen molar-refractivity contribution in [1.29, 1.82) is 0 Å². The van der Waals surface area contributed by atoms with Crippen LogP contribution in [-0.2, 0) is 13.0 Å². The van der Waals surface area contributed by atoms with Crippen molar-refractivity contribution in [2.24, 2.45) is 0 Å². The van der Waals surface area contributed by atoms with Gasteiger partial charge in [0.2, 0.25) is 0 Å². The minimum Gasteiger partial charge on any atom is -0.358 e. The SMILES string of the molecule is Cc1[nH]c2ccccc2c1-c1csc(NC(=O)c2ccc3c(=O)n4c(nc3c2)CCCCCC4)n1. The monoisotopic (exact) mass is 483 g/mol. The van der Waals surface area contributed by atoms with Crippen LogP contribution in [0.25, 0.3) is 33.1 Å². The highest BCUT2D eigenvalue weighted by Gasteiger charge is 2.17. The highest BCUT2D eigenvalue weighted by atomic mass is 32.1. The number of anilines is 1. The van der Waals surface area contributed by atoms with Crippen LogP contribution < -0.4 is 10.9 Å². The molecule has 7 nitrogen and oxygen atoms in total. The summed E-state index contributed by atoms with van der Waals surface area (Å²) in [5.41, 5.74) is 4.99. The van der Waals surface area contributed by atoms with Crippen molar-refractivity contribution in [3.05, 3.63) is 75.3 Å². The molecule has 0 saturated heterocycles. The number of aromatic amines is 1. The number of rotatable bonds is 3. The minimum absolute atomic E-state index is 0.0162. The van der Waals surface area contributed by atoms with Gasteiger partial charge in [-0.2, -0.15) is 0 Å². The Bertz CT molecular complexity index is 1640. The average Bonchev–Trinajstić information content (AvgIpc) is 3.42. The number of hydrogen-bond donors (Lipinski definition) is 2. The number of fused-ring (bicyclic) bond motifs is 3. The molecule has 0 spiro atoms. The van der Waals surface area contributed by atoms with Crippen molar-refractivity contribution in [3.63, 3.8) is 0 Å². The van der Waals surface area contributed by atoms with Crippen molar-refractivity contribution < 1.29 is 4.79 Å². The predicted molar refractivity (Wildman–Crippen MR) is 140 cm³/mol. The number of carbonyl (C=O) groups excluding carboxylic acids is 1. The maximum atomic E-state index is 13.1. The van der Waals surface area contributed by atoms with Crippen molar-refractivity contribution in [2.75, 3.05) is 5.32 Å². The molecular weight excluding hydrogens is 458 g/mol. The van der Waals surface area contributed by atoms with E-state index in [-0.39, 0.29) is 11.5 Å². The molecule has 0 aliphatic carbocycles. The molecule has 0 radical (unpaired) electrons. The summed E-state index contributed by atoms with van der Waals surface area (Å²) in [6.07, 6.45) is 5.11. The second kappa shape index (κ2) is 8.78. The first-order valence-corrected chi connectivity index (χ1v) is 12.8. The Labute approximate surface area is 205 Å². The Kier molecular flexibility index (Phi) is 5.45. The number of hydrogen-bond acceptors (Lipinski definition) is 5. The molecule has 1 aliphatic heterocycles. The van der Waals surface area contributed by atoms with Crippen molar-refractivity contribution in [1.82, 2.24) is 19.5 Å². The molecule has 6 rings (SSSR count). The van der Waals surface area contributed by atoms with E-state index in [0.29, 0.717) is 28.1 Å². The summed E-state index contributed by atoms with van der Waals surface area (Å²) in [6, 6.07) is 13.2. The summed E-state index contributed by atoms with van der Waals surface area (Å²) < 4.78 is 1.81. The van der Waals surface area contributed by atoms with Crippen molar-refractivity contribution >= 4 is 44.2 Å². The largest absolute Gasteiger partial charge is 0.358 e. The number of amides is 1. The van der Waals surface area contributed by atoms with E-state index in [4.69, 9.17) is 4.98 Å². The summed E-state index contributed by atoms with van der Waals surface area (Å²) in [5, 5.41) is 7.06. The quantitative estimate of drug-likeness (QED) is 0.345. The molecule has 2 aromatic carbocycles. The number of aromatic nitrogens is 4. The first-order chi connectivity index (χ1) is 17.1. The zero-order valence-corrected chi connectivity index (χ0v) is 20.2. The number of H-pyrrole nitrogens is 1. The molecule has 0 fully saturated rings. The lowest BCUT2D eigenvalue weighted by Gasteiger charge is -2.16. The molecule has 0 saturated carbocycles. The Morgan fingerprint density at radius 1 is 1.06 bits per heavy atom. The number of para-hydroxylation sites is 1. The third kappa shape index (κ3) is 3.93. The lowest BCUT2D eigenvalue weighted by atomic mass is 10.1. The number of thiazole rings is 1. The third-order valence-electron chi connectivity index (χ3n) is 6.70. The number of nitrogens with zero attached hydrogens (tertiary/aromatic N) is 3. The van der Waals surface area contributed by atoms with E-state index in [9.17, 15) is 9.59 Å². The summed E-state index contributed by atoms with van der Waals surface area (Å²) >= 11 is 1.39. The van der Waals surface area contributed by atoms with Gasteiger partial charge >= 0.3 is 0 Å². The fourth-order valence-electron chi connectivity index (χ4n) is 4.96. The summed E-state index contributed by atoms with van der Waals surface area (Å²) in [7, 11) is 0. The second-order valence-corrected chi connectivity index (χ2v) is 9.90. The molecule has 3 aromatic heterocycles. The zero-order valence-electron chi connectivity index (χ0n) is 19.4. The Balaban J connectivity index is 1.29. The van der Waals surface area contributed by atoms with Gasteiger partial charge in [-0.25, -0.2) is 9.97 Å². The Hall–Kier alpha value is -3.78. The van der Waals surface area contributed by atoms with Gasteiger partial charge in [0.15, 0.2) is 5.13 Å². The molecular formula is C27H25N5O2S. The van der Waals surface area contributed by atoms with E-state index in [1.165, 1.54) is 11.3 Å². The summed E-state index contributed by atoms with van der Waals surface area (Å²) in [4.78, 5) is 38.9. The minimum atomic E-state index is -0.267.